The Kier molecular flexibility index (Phi) is 16.7. The lowest BCUT2D eigenvalue weighted by molar-refractivity contribution is -0.333. The molecule has 1 aliphatic heterocycles. The highest BCUT2D eigenvalue weighted by atomic mass is 16.7. The van der Waals surface area contributed by atoms with Gasteiger partial charge in [0.2, 0.25) is 0 Å². The van der Waals surface area contributed by atoms with E-state index in [1.807, 2.05) is 0 Å². The van der Waals surface area contributed by atoms with Crippen LogP contribution in [0.15, 0.2) is 0 Å². The van der Waals surface area contributed by atoms with Crippen molar-refractivity contribution in [1.82, 2.24) is 0 Å². The van der Waals surface area contributed by atoms with Gasteiger partial charge in [0.1, 0.15) is 36.6 Å². The van der Waals surface area contributed by atoms with E-state index >= 15 is 0 Å². The second kappa shape index (κ2) is 17.9. The summed E-state index contributed by atoms with van der Waals surface area (Å²) in [5.74, 6) is 0.747. The molecule has 1 rings (SSSR count). The molecule has 0 saturated carbocycles. The van der Waals surface area contributed by atoms with Gasteiger partial charge in [-0.2, -0.15) is 0 Å². The molecule has 9 unspecified atom stereocenters. The number of ether oxygens (including phenoxy) is 3. The fourth-order valence-electron chi connectivity index (χ4n) is 4.04. The Hall–Kier alpha value is -0.440. The van der Waals surface area contributed by atoms with Crippen molar-refractivity contribution in [3.8, 4) is 0 Å². The largest absolute Gasteiger partial charge is 0.396 e. The maximum Gasteiger partial charge on any atom is 0.186 e. The predicted octanol–water partition coefficient (Wildman–Crippen LogP) is -0.612. The molecule has 0 aromatic rings. The Labute approximate surface area is 208 Å². The zero-order valence-corrected chi connectivity index (χ0v) is 21.1. The minimum Gasteiger partial charge on any atom is -0.396 e. The molecule has 0 aromatic heterocycles. The van der Waals surface area contributed by atoms with Gasteiger partial charge in [-0.05, 0) is 18.8 Å². The molecule has 8 N–H and O–H groups in total. The third-order valence-electron chi connectivity index (χ3n) is 6.29. The molecule has 11 nitrogen and oxygen atoms in total. The van der Waals surface area contributed by atoms with Crippen LogP contribution in [0.3, 0.4) is 0 Å². The summed E-state index contributed by atoms with van der Waals surface area (Å²) in [7, 11) is 0. The molecule has 1 saturated heterocycles. The number of hydrogen-bond acceptors (Lipinski definition) is 11. The maximum absolute atomic E-state index is 10.5. The highest BCUT2D eigenvalue weighted by Gasteiger charge is 2.47. The second-order valence-corrected chi connectivity index (χ2v) is 9.79. The normalized spacial score (nSPS) is 28.7. The van der Waals surface area contributed by atoms with Crippen LogP contribution in [-0.4, -0.2) is 116 Å². The molecule has 0 aliphatic carbocycles. The smallest absolute Gasteiger partial charge is 0.186 e. The monoisotopic (exact) mass is 512 g/mol. The summed E-state index contributed by atoms with van der Waals surface area (Å²) in [6.45, 7) is 3.67. The van der Waals surface area contributed by atoms with E-state index in [-0.39, 0.29) is 6.42 Å². The van der Waals surface area contributed by atoms with E-state index in [0.717, 1.165) is 31.6 Å². The van der Waals surface area contributed by atoms with Crippen molar-refractivity contribution in [2.24, 2.45) is 5.92 Å². The van der Waals surface area contributed by atoms with E-state index in [2.05, 4.69) is 13.8 Å². The zero-order valence-electron chi connectivity index (χ0n) is 21.1. The number of aliphatic hydroxyl groups excluding tert-OH is 8. The number of unbranched alkanes of at least 4 members (excludes halogenated alkanes) is 6. The van der Waals surface area contributed by atoms with Crippen LogP contribution in [0.5, 0.6) is 0 Å². The molecular formula is C24H48O11. The van der Waals surface area contributed by atoms with Gasteiger partial charge in [-0.1, -0.05) is 58.8 Å². The van der Waals surface area contributed by atoms with Crippen molar-refractivity contribution >= 4 is 0 Å². The van der Waals surface area contributed by atoms with Crippen molar-refractivity contribution in [3.63, 3.8) is 0 Å². The molecular weight excluding hydrogens is 464 g/mol. The van der Waals surface area contributed by atoms with Crippen LogP contribution >= 0.6 is 0 Å². The first-order valence-corrected chi connectivity index (χ1v) is 12.9. The van der Waals surface area contributed by atoms with Gasteiger partial charge in [0.05, 0.1) is 12.7 Å². The molecule has 35 heavy (non-hydrogen) atoms. The summed E-state index contributed by atoms with van der Waals surface area (Å²) in [4.78, 5) is 0. The van der Waals surface area contributed by atoms with Crippen LogP contribution in [0.2, 0.25) is 0 Å². The molecule has 1 fully saturated rings. The van der Waals surface area contributed by atoms with Crippen molar-refractivity contribution in [3.05, 3.63) is 0 Å². The Morgan fingerprint density at radius 3 is 1.94 bits per heavy atom. The van der Waals surface area contributed by atoms with Crippen LogP contribution in [0, 0.1) is 5.92 Å². The average Bonchev–Trinajstić information content (AvgIpc) is 2.83. The Morgan fingerprint density at radius 2 is 1.37 bits per heavy atom. The molecule has 0 radical (unpaired) electrons. The first kappa shape index (κ1) is 32.6. The molecule has 1 heterocycles. The first-order valence-electron chi connectivity index (χ1n) is 12.9. The highest BCUT2D eigenvalue weighted by molar-refractivity contribution is 4.91. The van der Waals surface area contributed by atoms with Gasteiger partial charge in [-0.15, -0.1) is 0 Å². The van der Waals surface area contributed by atoms with Gasteiger partial charge in [-0.25, -0.2) is 0 Å². The van der Waals surface area contributed by atoms with Gasteiger partial charge in [-0.3, -0.25) is 0 Å². The van der Waals surface area contributed by atoms with Crippen LogP contribution in [0.4, 0.5) is 0 Å². The van der Waals surface area contributed by atoms with Gasteiger partial charge < -0.3 is 55.1 Å². The number of rotatable bonds is 19. The number of aliphatic hydroxyl groups is 8. The third-order valence-corrected chi connectivity index (χ3v) is 6.29. The zero-order chi connectivity index (χ0) is 26.4. The maximum atomic E-state index is 10.5. The van der Waals surface area contributed by atoms with Crippen LogP contribution in [0.25, 0.3) is 0 Å². The topological polar surface area (TPSA) is 190 Å². The fourth-order valence-corrected chi connectivity index (χ4v) is 4.04. The standard InChI is InChI=1S/C24H48O11/c1-15(2)10-8-6-4-3-5-7-9-13-33-24-21(31)19(29)22(17(14-26)34-24)35-23(32)20(30)18(28)16(27)11-12-25/h15-32H,3-14H2,1-2H3. The van der Waals surface area contributed by atoms with Crippen LogP contribution in [-0.2, 0) is 14.2 Å². The average molecular weight is 513 g/mol. The summed E-state index contributed by atoms with van der Waals surface area (Å²) >= 11 is 0. The Bertz CT molecular complexity index is 522. The SMILES string of the molecule is CC(C)CCCCCCCCCOC1OC(CO)C(OC(O)C(O)C(O)C(O)CCO)C(O)C1O. The summed E-state index contributed by atoms with van der Waals surface area (Å²) in [6.07, 6.45) is -5.76. The molecule has 0 amide bonds. The summed E-state index contributed by atoms with van der Waals surface area (Å²) in [5.41, 5.74) is 0. The lowest BCUT2D eigenvalue weighted by atomic mass is 9.98. The first-order chi connectivity index (χ1) is 16.6. The van der Waals surface area contributed by atoms with Crippen LogP contribution in [0.1, 0.15) is 71.6 Å². The van der Waals surface area contributed by atoms with Crippen molar-refractivity contribution in [2.75, 3.05) is 19.8 Å². The fraction of sp³-hybridized carbons (Fsp3) is 1.00. The van der Waals surface area contributed by atoms with Crippen molar-refractivity contribution in [2.45, 2.75) is 127 Å². The molecule has 0 spiro atoms. The van der Waals surface area contributed by atoms with E-state index < -0.39 is 68.5 Å². The van der Waals surface area contributed by atoms with Crippen molar-refractivity contribution in [1.29, 1.82) is 0 Å². The minimum absolute atomic E-state index is 0.241. The van der Waals surface area contributed by atoms with Crippen LogP contribution < -0.4 is 0 Å². The van der Waals surface area contributed by atoms with Gasteiger partial charge >= 0.3 is 0 Å². The van der Waals surface area contributed by atoms with Crippen molar-refractivity contribution < 1.29 is 55.1 Å². The van der Waals surface area contributed by atoms with E-state index in [0.29, 0.717) is 6.61 Å². The predicted molar refractivity (Wildman–Crippen MR) is 126 cm³/mol. The summed E-state index contributed by atoms with van der Waals surface area (Å²) in [5, 5.41) is 78.9. The Balaban J connectivity index is 2.41. The van der Waals surface area contributed by atoms with Gasteiger partial charge in [0.25, 0.3) is 0 Å². The minimum atomic E-state index is -2.08. The molecule has 11 heteroatoms. The highest BCUT2D eigenvalue weighted by Crippen LogP contribution is 2.26. The molecule has 9 atom stereocenters. The van der Waals surface area contributed by atoms with E-state index in [4.69, 9.17) is 19.3 Å². The van der Waals surface area contributed by atoms with Gasteiger partial charge in [0.15, 0.2) is 12.6 Å². The molecule has 0 aromatic carbocycles. The quantitative estimate of drug-likeness (QED) is 0.0814. The Morgan fingerprint density at radius 1 is 0.771 bits per heavy atom. The van der Waals surface area contributed by atoms with Gasteiger partial charge in [0, 0.05) is 13.2 Å². The van der Waals surface area contributed by atoms with E-state index in [1.165, 1.54) is 25.7 Å². The molecule has 0 bridgehead atoms. The third kappa shape index (κ3) is 11.7. The number of hydrogen-bond donors (Lipinski definition) is 8. The lowest BCUT2D eigenvalue weighted by Gasteiger charge is -2.43. The second-order valence-electron chi connectivity index (χ2n) is 9.79. The van der Waals surface area contributed by atoms with E-state index in [1.54, 1.807) is 0 Å². The lowest BCUT2D eigenvalue weighted by Crippen LogP contribution is -2.61. The van der Waals surface area contributed by atoms with E-state index in [9.17, 15) is 35.7 Å². The summed E-state index contributed by atoms with van der Waals surface area (Å²) in [6, 6.07) is 0. The molecule has 1 aliphatic rings. The summed E-state index contributed by atoms with van der Waals surface area (Å²) < 4.78 is 16.2. The molecule has 210 valence electrons.